The number of rotatable bonds is 12. The van der Waals surface area contributed by atoms with Crippen molar-refractivity contribution in [2.45, 2.75) is 42.6 Å². The molecule has 1 aliphatic rings. The first kappa shape index (κ1) is 31.8. The van der Waals surface area contributed by atoms with Crippen molar-refractivity contribution in [2.75, 3.05) is 64.7 Å². The van der Waals surface area contributed by atoms with E-state index in [1.807, 2.05) is 31.3 Å². The van der Waals surface area contributed by atoms with Gasteiger partial charge in [-0.1, -0.05) is 12.0 Å². The van der Waals surface area contributed by atoms with Crippen molar-refractivity contribution in [1.29, 1.82) is 0 Å². The zero-order valence-electron chi connectivity index (χ0n) is 24.1. The number of anilines is 2. The molecular weight excluding hydrogens is 567 g/mol. The van der Waals surface area contributed by atoms with E-state index in [1.54, 1.807) is 32.4 Å². The number of likely N-dealkylation sites (tertiary alicyclic amines) is 1. The van der Waals surface area contributed by atoms with Gasteiger partial charge in [-0.25, -0.2) is 0 Å². The first-order valence-electron chi connectivity index (χ1n) is 13.8. The highest BCUT2D eigenvalue weighted by Gasteiger charge is 2.30. The summed E-state index contributed by atoms with van der Waals surface area (Å²) in [6.07, 6.45) is -3.21. The molecule has 2 heterocycles. The maximum atomic E-state index is 13.6. The van der Waals surface area contributed by atoms with Gasteiger partial charge < -0.3 is 34.7 Å². The molecule has 1 aliphatic heterocycles. The predicted octanol–water partition coefficient (Wildman–Crippen LogP) is 4.79. The zero-order chi connectivity index (χ0) is 30.1. The Balaban J connectivity index is 1.49. The van der Waals surface area contributed by atoms with Crippen molar-refractivity contribution in [3.8, 4) is 17.6 Å². The van der Waals surface area contributed by atoms with Crippen LogP contribution in [-0.4, -0.2) is 86.9 Å². The lowest BCUT2D eigenvalue weighted by Crippen LogP contribution is -2.43. The van der Waals surface area contributed by atoms with Gasteiger partial charge in [-0.2, -0.15) is 13.2 Å². The number of halogens is 3. The third-order valence-electron chi connectivity index (χ3n) is 7.03. The molecule has 1 aromatic heterocycles. The van der Waals surface area contributed by atoms with Crippen LogP contribution in [0.2, 0.25) is 0 Å². The largest absolute Gasteiger partial charge is 0.495 e. The molecule has 1 fully saturated rings. The average molecular weight is 606 g/mol. The number of aliphatic hydroxyl groups excluding tert-OH is 1. The van der Waals surface area contributed by atoms with Crippen LogP contribution >= 0.6 is 11.9 Å². The quantitative estimate of drug-likeness (QED) is 0.174. The number of aliphatic hydroxyl groups is 1. The monoisotopic (exact) mass is 605 g/mol. The fraction of sp³-hybridized carbons (Fsp3) is 0.467. The summed E-state index contributed by atoms with van der Waals surface area (Å²) in [7, 11) is 4.98. The Bertz CT molecular complexity index is 1380. The SMILES string of the molecule is CNSc1ccc(NCC#Cc2cc3c(NC4CCN(CC(O)COC)CC4)cccc3n2CC(F)(F)F)c(OC)c1. The Hall–Kier alpha value is -3.08. The molecule has 0 amide bonds. The third kappa shape index (κ3) is 8.72. The maximum Gasteiger partial charge on any atom is 0.406 e. The normalized spacial score (nSPS) is 15.3. The number of hydrogen-bond acceptors (Lipinski definition) is 8. The van der Waals surface area contributed by atoms with Crippen molar-refractivity contribution in [3.63, 3.8) is 0 Å². The van der Waals surface area contributed by atoms with E-state index in [0.717, 1.165) is 42.2 Å². The zero-order valence-corrected chi connectivity index (χ0v) is 24.9. The molecule has 3 aromatic rings. The first-order valence-corrected chi connectivity index (χ1v) is 14.6. The van der Waals surface area contributed by atoms with Gasteiger partial charge in [0, 0.05) is 48.8 Å². The molecule has 228 valence electrons. The van der Waals surface area contributed by atoms with E-state index in [9.17, 15) is 18.3 Å². The number of benzene rings is 2. The second-order valence-corrected chi connectivity index (χ2v) is 11.2. The number of β-amino-alcohol motifs (C(OH)–C–C–N with tert-alkyl or cyclic N) is 1. The molecule has 1 unspecified atom stereocenters. The Morgan fingerprint density at radius 3 is 2.60 bits per heavy atom. The summed E-state index contributed by atoms with van der Waals surface area (Å²) >= 11 is 1.46. The van der Waals surface area contributed by atoms with Crippen LogP contribution in [0, 0.1) is 11.8 Å². The predicted molar refractivity (Wildman–Crippen MR) is 162 cm³/mol. The first-order chi connectivity index (χ1) is 20.2. The molecule has 0 aliphatic carbocycles. The van der Waals surface area contributed by atoms with Crippen LogP contribution in [0.15, 0.2) is 47.4 Å². The van der Waals surface area contributed by atoms with Gasteiger partial charge in [-0.15, -0.1) is 0 Å². The van der Waals surface area contributed by atoms with Gasteiger partial charge in [0.2, 0.25) is 0 Å². The number of aromatic nitrogens is 1. The number of methoxy groups -OCH3 is 2. The Morgan fingerprint density at radius 1 is 1.12 bits per heavy atom. The number of nitrogens with zero attached hydrogens (tertiary/aromatic N) is 2. The minimum atomic E-state index is -4.40. The summed E-state index contributed by atoms with van der Waals surface area (Å²) in [6, 6.07) is 13.0. The summed E-state index contributed by atoms with van der Waals surface area (Å²) in [5.74, 6) is 6.59. The molecule has 0 spiro atoms. The molecule has 4 rings (SSSR count). The highest BCUT2D eigenvalue weighted by atomic mass is 32.2. The van der Waals surface area contributed by atoms with E-state index < -0.39 is 18.8 Å². The van der Waals surface area contributed by atoms with Crippen LogP contribution in [0.25, 0.3) is 10.9 Å². The molecule has 0 bridgehead atoms. The molecule has 12 heteroatoms. The summed E-state index contributed by atoms with van der Waals surface area (Å²) in [5.41, 5.74) is 2.31. The van der Waals surface area contributed by atoms with Gasteiger partial charge >= 0.3 is 6.18 Å². The summed E-state index contributed by atoms with van der Waals surface area (Å²) < 4.78 is 55.6. The van der Waals surface area contributed by atoms with E-state index in [0.29, 0.717) is 35.5 Å². The number of hydrogen-bond donors (Lipinski definition) is 4. The van der Waals surface area contributed by atoms with Crippen molar-refractivity contribution in [2.24, 2.45) is 0 Å². The topological polar surface area (TPSA) is 83.0 Å². The maximum absolute atomic E-state index is 13.6. The number of ether oxygens (including phenoxy) is 2. The van der Waals surface area contributed by atoms with Gasteiger partial charge in [0.05, 0.1) is 43.3 Å². The molecule has 0 saturated carbocycles. The van der Waals surface area contributed by atoms with Gasteiger partial charge in [-0.3, -0.25) is 4.72 Å². The van der Waals surface area contributed by atoms with Crippen LogP contribution in [-0.2, 0) is 11.3 Å². The second kappa shape index (κ2) is 14.9. The third-order valence-corrected chi connectivity index (χ3v) is 7.73. The lowest BCUT2D eigenvalue weighted by molar-refractivity contribution is -0.140. The number of piperidine rings is 1. The van der Waals surface area contributed by atoms with Crippen LogP contribution in [0.5, 0.6) is 5.75 Å². The minimum absolute atomic E-state index is 0.170. The van der Waals surface area contributed by atoms with Gasteiger partial charge in [0.25, 0.3) is 0 Å². The van der Waals surface area contributed by atoms with E-state index in [1.165, 1.54) is 16.5 Å². The van der Waals surface area contributed by atoms with Gasteiger partial charge in [-0.05, 0) is 74.2 Å². The highest BCUT2D eigenvalue weighted by molar-refractivity contribution is 7.97. The van der Waals surface area contributed by atoms with Crippen molar-refractivity contribution >= 4 is 34.2 Å². The average Bonchev–Trinajstić information content (AvgIpc) is 3.29. The standard InChI is InChI=1S/C30H38F3N5O3S/c1-34-42-24-9-10-27(29(17-24)41-3)35-13-5-6-22-16-25-26(7-4-8-28(25)38(22)20-30(31,32)33)36-21-11-14-37(15-12-21)18-23(39)19-40-2/h4,7-10,16-17,21,23,34-36,39H,11-15,18-20H2,1-3H3. The Labute approximate surface area is 249 Å². The van der Waals surface area contributed by atoms with E-state index in [2.05, 4.69) is 32.1 Å². The van der Waals surface area contributed by atoms with Crippen molar-refractivity contribution in [1.82, 2.24) is 14.2 Å². The van der Waals surface area contributed by atoms with E-state index >= 15 is 0 Å². The van der Waals surface area contributed by atoms with Gasteiger partial charge in [0.1, 0.15) is 12.3 Å². The lowest BCUT2D eigenvalue weighted by atomic mass is 10.0. The molecule has 8 nitrogen and oxygen atoms in total. The highest BCUT2D eigenvalue weighted by Crippen LogP contribution is 2.32. The van der Waals surface area contributed by atoms with Crippen LogP contribution < -0.4 is 20.1 Å². The molecule has 0 radical (unpaired) electrons. The Morgan fingerprint density at radius 2 is 1.90 bits per heavy atom. The van der Waals surface area contributed by atoms with Crippen LogP contribution in [0.3, 0.4) is 0 Å². The number of fused-ring (bicyclic) bond motifs is 1. The van der Waals surface area contributed by atoms with Crippen LogP contribution in [0.1, 0.15) is 18.5 Å². The van der Waals surface area contributed by atoms with E-state index in [4.69, 9.17) is 9.47 Å². The molecule has 42 heavy (non-hydrogen) atoms. The molecule has 1 saturated heterocycles. The molecule has 2 aromatic carbocycles. The summed E-state index contributed by atoms with van der Waals surface area (Å²) in [5, 5.41) is 17.5. The molecule has 4 N–H and O–H groups in total. The lowest BCUT2D eigenvalue weighted by Gasteiger charge is -2.34. The van der Waals surface area contributed by atoms with Gasteiger partial charge in [0.15, 0.2) is 0 Å². The van der Waals surface area contributed by atoms with Crippen molar-refractivity contribution in [3.05, 3.63) is 48.2 Å². The fourth-order valence-corrected chi connectivity index (χ4v) is 5.70. The van der Waals surface area contributed by atoms with Crippen molar-refractivity contribution < 1.29 is 27.8 Å². The minimum Gasteiger partial charge on any atom is -0.495 e. The summed E-state index contributed by atoms with van der Waals surface area (Å²) in [4.78, 5) is 3.19. The second-order valence-electron chi connectivity index (χ2n) is 10.1. The van der Waals surface area contributed by atoms with Crippen LogP contribution in [0.4, 0.5) is 24.5 Å². The molecule has 1 atom stereocenters. The number of nitrogens with one attached hydrogen (secondary N) is 3. The summed E-state index contributed by atoms with van der Waals surface area (Å²) in [6.45, 7) is 1.59. The fourth-order valence-electron chi connectivity index (χ4n) is 5.16. The van der Waals surface area contributed by atoms with E-state index in [-0.39, 0.29) is 12.6 Å². The Kier molecular flexibility index (Phi) is 11.3. The smallest absolute Gasteiger partial charge is 0.406 e. The molecular formula is C30H38F3N5O3S. The number of alkyl halides is 3.